The van der Waals surface area contributed by atoms with Crippen molar-refractivity contribution in [2.45, 2.75) is 27.7 Å². The number of hydrogen-bond acceptors (Lipinski definition) is 2. The summed E-state index contributed by atoms with van der Waals surface area (Å²) in [4.78, 5) is 4.82. The Labute approximate surface area is 166 Å². The van der Waals surface area contributed by atoms with Crippen molar-refractivity contribution in [3.05, 3.63) is 95.2 Å². The first-order valence-electron chi connectivity index (χ1n) is 9.53. The number of aromatic nitrogens is 1. The van der Waals surface area contributed by atoms with Crippen molar-refractivity contribution in [3.63, 3.8) is 0 Å². The van der Waals surface area contributed by atoms with Gasteiger partial charge in [0.15, 0.2) is 7.14 Å². The van der Waals surface area contributed by atoms with Crippen molar-refractivity contribution in [3.8, 4) is 0 Å². The van der Waals surface area contributed by atoms with E-state index in [0.29, 0.717) is 0 Å². The first-order chi connectivity index (χ1) is 13.4. The van der Waals surface area contributed by atoms with Crippen LogP contribution < -0.4 is 15.9 Å². The molecule has 0 aliphatic carbocycles. The van der Waals surface area contributed by atoms with Gasteiger partial charge in [-0.05, 0) is 50.5 Å². The lowest BCUT2D eigenvalue weighted by Gasteiger charge is -2.25. The molecule has 2 nitrogen and oxygen atoms in total. The van der Waals surface area contributed by atoms with Crippen molar-refractivity contribution in [2.75, 3.05) is 0 Å². The maximum atomic E-state index is 15.0. The zero-order chi connectivity index (χ0) is 19.9. The van der Waals surface area contributed by atoms with Crippen molar-refractivity contribution in [2.24, 2.45) is 0 Å². The van der Waals surface area contributed by atoms with Crippen molar-refractivity contribution in [1.82, 2.24) is 4.98 Å². The monoisotopic (exact) mass is 385 g/mol. The van der Waals surface area contributed by atoms with Gasteiger partial charge in [0.2, 0.25) is 0 Å². The van der Waals surface area contributed by atoms with Crippen LogP contribution in [0.15, 0.2) is 72.8 Å². The first kappa shape index (κ1) is 18.7. The molecule has 0 aliphatic heterocycles. The van der Waals surface area contributed by atoms with Crippen LogP contribution in [0.1, 0.15) is 22.4 Å². The molecule has 1 aromatic heterocycles. The highest BCUT2D eigenvalue weighted by atomic mass is 31.2. The topological polar surface area (TPSA) is 30.0 Å². The maximum Gasteiger partial charge on any atom is 0.172 e. The van der Waals surface area contributed by atoms with Gasteiger partial charge in [-0.25, -0.2) is 0 Å². The molecule has 28 heavy (non-hydrogen) atoms. The van der Waals surface area contributed by atoms with Crippen molar-refractivity contribution in [1.29, 1.82) is 0 Å². The summed E-state index contributed by atoms with van der Waals surface area (Å²) < 4.78 is 15.0. The fraction of sp³-hybridized carbons (Fsp3) is 0.160. The second kappa shape index (κ2) is 7.04. The Kier molecular flexibility index (Phi) is 4.69. The van der Waals surface area contributed by atoms with E-state index in [1.54, 1.807) is 0 Å². The third-order valence-corrected chi connectivity index (χ3v) is 8.93. The number of rotatable bonds is 3. The highest BCUT2D eigenvalue weighted by Crippen LogP contribution is 2.46. The molecule has 0 radical (unpaired) electrons. The Morgan fingerprint density at radius 3 is 1.75 bits per heavy atom. The lowest BCUT2D eigenvalue weighted by atomic mass is 10.0. The average Bonchev–Trinajstić information content (AvgIpc) is 2.73. The van der Waals surface area contributed by atoms with Gasteiger partial charge in [-0.15, -0.1) is 0 Å². The van der Waals surface area contributed by atoms with Gasteiger partial charge < -0.3 is 4.57 Å². The molecule has 4 aromatic rings. The van der Waals surface area contributed by atoms with E-state index in [-0.39, 0.29) is 0 Å². The SMILES string of the molecule is Cc1ccc2nc(C)c(C)c(P(=O)(c3ccccc3)c3ccccc3)c2c1C. The molecule has 0 unspecified atom stereocenters. The Morgan fingerprint density at radius 2 is 1.21 bits per heavy atom. The van der Waals surface area contributed by atoms with Crippen LogP contribution in [0, 0.1) is 27.7 Å². The van der Waals surface area contributed by atoms with Gasteiger partial charge in [0.25, 0.3) is 0 Å². The minimum absolute atomic E-state index is 0.858. The number of pyridine rings is 1. The molecule has 0 spiro atoms. The number of fused-ring (bicyclic) bond motifs is 1. The van der Waals surface area contributed by atoms with E-state index >= 15 is 4.57 Å². The molecule has 0 bridgehead atoms. The van der Waals surface area contributed by atoms with E-state index in [1.807, 2.05) is 73.7 Å². The fourth-order valence-corrected chi connectivity index (χ4v) is 7.12. The molecule has 0 fully saturated rings. The standard InChI is InChI=1S/C25H24NOP/c1-17-15-16-23-24(18(17)2)25(19(3)20(4)26-23)28(27,21-11-7-5-8-12-21)22-13-9-6-10-14-22/h5-16H,1-4H3. The molecule has 0 N–H and O–H groups in total. The summed E-state index contributed by atoms with van der Waals surface area (Å²) >= 11 is 0. The molecule has 4 rings (SSSR count). The summed E-state index contributed by atoms with van der Waals surface area (Å²) in [5.74, 6) is 0. The molecule has 3 heteroatoms. The Balaban J connectivity index is 2.24. The molecule has 0 saturated heterocycles. The quantitative estimate of drug-likeness (QED) is 0.459. The number of aryl methyl sites for hydroxylation is 3. The highest BCUT2D eigenvalue weighted by molar-refractivity contribution is 7.85. The van der Waals surface area contributed by atoms with Crippen LogP contribution in [0.4, 0.5) is 0 Å². The second-order valence-electron chi connectivity index (χ2n) is 7.35. The predicted octanol–water partition coefficient (Wildman–Crippen LogP) is 5.11. The molecule has 3 aromatic carbocycles. The maximum absolute atomic E-state index is 15.0. The largest absolute Gasteiger partial charge is 0.309 e. The Bertz CT molecular complexity index is 1170. The first-order valence-corrected chi connectivity index (χ1v) is 11.2. The Hall–Kier alpha value is -2.70. The van der Waals surface area contributed by atoms with Gasteiger partial charge in [-0.1, -0.05) is 66.7 Å². The smallest absolute Gasteiger partial charge is 0.172 e. The van der Waals surface area contributed by atoms with E-state index in [2.05, 4.69) is 26.8 Å². The van der Waals surface area contributed by atoms with Crippen LogP contribution >= 0.6 is 7.14 Å². The third kappa shape index (κ3) is 2.80. The lowest BCUT2D eigenvalue weighted by molar-refractivity contribution is 0.592. The van der Waals surface area contributed by atoms with E-state index in [0.717, 1.165) is 43.6 Å². The van der Waals surface area contributed by atoms with Crippen LogP contribution in [0.2, 0.25) is 0 Å². The third-order valence-electron chi connectivity index (χ3n) is 5.69. The molecule has 1 heterocycles. The molecular weight excluding hydrogens is 361 g/mol. The fourth-order valence-electron chi connectivity index (χ4n) is 3.89. The Morgan fingerprint density at radius 1 is 0.679 bits per heavy atom. The van der Waals surface area contributed by atoms with Crippen molar-refractivity contribution < 1.29 is 4.57 Å². The zero-order valence-corrected chi connectivity index (χ0v) is 17.6. The minimum atomic E-state index is -3.07. The molecule has 0 saturated carbocycles. The van der Waals surface area contributed by atoms with Gasteiger partial charge in [0, 0.05) is 27.0 Å². The van der Waals surface area contributed by atoms with E-state index < -0.39 is 7.14 Å². The van der Waals surface area contributed by atoms with E-state index in [1.165, 1.54) is 5.56 Å². The predicted molar refractivity (Wildman–Crippen MR) is 120 cm³/mol. The number of hydrogen-bond donors (Lipinski definition) is 0. The van der Waals surface area contributed by atoms with Gasteiger partial charge in [-0.3, -0.25) is 4.98 Å². The van der Waals surface area contributed by atoms with Crippen LogP contribution in [0.5, 0.6) is 0 Å². The molecule has 0 amide bonds. The summed E-state index contributed by atoms with van der Waals surface area (Å²) in [5, 5.41) is 3.67. The van der Waals surface area contributed by atoms with E-state index in [4.69, 9.17) is 4.98 Å². The van der Waals surface area contributed by atoms with Crippen LogP contribution in [0.3, 0.4) is 0 Å². The molecule has 0 atom stereocenters. The van der Waals surface area contributed by atoms with Gasteiger partial charge in [-0.2, -0.15) is 0 Å². The lowest BCUT2D eigenvalue weighted by Crippen LogP contribution is -2.28. The summed E-state index contributed by atoms with van der Waals surface area (Å²) in [5.41, 5.74) is 5.19. The summed E-state index contributed by atoms with van der Waals surface area (Å²) in [6.45, 7) is 8.27. The van der Waals surface area contributed by atoms with Gasteiger partial charge in [0.05, 0.1) is 5.52 Å². The normalized spacial score (nSPS) is 11.7. The second-order valence-corrected chi connectivity index (χ2v) is 10.1. The summed E-state index contributed by atoms with van der Waals surface area (Å²) in [6.07, 6.45) is 0. The van der Waals surface area contributed by atoms with E-state index in [9.17, 15) is 0 Å². The highest BCUT2D eigenvalue weighted by Gasteiger charge is 2.34. The van der Waals surface area contributed by atoms with Crippen LogP contribution in [-0.4, -0.2) is 4.98 Å². The van der Waals surface area contributed by atoms with Gasteiger partial charge in [0.1, 0.15) is 0 Å². The van der Waals surface area contributed by atoms with Crippen LogP contribution in [-0.2, 0) is 4.57 Å². The van der Waals surface area contributed by atoms with Crippen molar-refractivity contribution >= 4 is 34.0 Å². The summed E-state index contributed by atoms with van der Waals surface area (Å²) in [6, 6.07) is 23.9. The number of nitrogens with zero attached hydrogens (tertiary/aromatic N) is 1. The molecule has 0 aliphatic rings. The van der Waals surface area contributed by atoms with Gasteiger partial charge >= 0.3 is 0 Å². The average molecular weight is 385 g/mol. The van der Waals surface area contributed by atoms with Crippen LogP contribution in [0.25, 0.3) is 10.9 Å². The molecule has 140 valence electrons. The molecular formula is C25H24NOP. The number of benzene rings is 3. The summed E-state index contributed by atoms with van der Waals surface area (Å²) in [7, 11) is -3.07. The zero-order valence-electron chi connectivity index (χ0n) is 16.7. The minimum Gasteiger partial charge on any atom is -0.309 e.